The van der Waals surface area contributed by atoms with Gasteiger partial charge in [-0.1, -0.05) is 30.3 Å². The molecule has 0 aliphatic heterocycles. The van der Waals surface area contributed by atoms with Crippen molar-refractivity contribution < 1.29 is 4.79 Å². The van der Waals surface area contributed by atoms with Crippen LogP contribution in [-0.4, -0.2) is 5.91 Å². The highest BCUT2D eigenvalue weighted by atomic mass is 79.9. The molecule has 0 unspecified atom stereocenters. The molecule has 0 atom stereocenters. The van der Waals surface area contributed by atoms with Crippen molar-refractivity contribution in [3.8, 4) is 0 Å². The number of nitrogen functional groups attached to an aromatic ring is 1. The van der Waals surface area contributed by atoms with E-state index in [1.165, 1.54) is 0 Å². The first kappa shape index (κ1) is 13.6. The van der Waals surface area contributed by atoms with Crippen molar-refractivity contribution in [3.63, 3.8) is 0 Å². The lowest BCUT2D eigenvalue weighted by atomic mass is 10.1. The van der Waals surface area contributed by atoms with Crippen LogP contribution in [0.15, 0.2) is 46.9 Å². The molecular weight excluding hydrogens is 304 g/mol. The molecule has 0 saturated heterocycles. The van der Waals surface area contributed by atoms with E-state index < -0.39 is 0 Å². The third-order valence-electron chi connectivity index (χ3n) is 2.78. The minimum absolute atomic E-state index is 0.0419. The van der Waals surface area contributed by atoms with Crippen LogP contribution in [0.1, 0.15) is 11.1 Å². The second kappa shape index (κ2) is 5.89. The van der Waals surface area contributed by atoms with Crippen molar-refractivity contribution in [1.29, 1.82) is 0 Å². The molecule has 0 fully saturated rings. The van der Waals surface area contributed by atoms with Crippen molar-refractivity contribution >= 4 is 33.2 Å². The number of nitrogens with two attached hydrogens (primary N) is 1. The number of rotatable bonds is 3. The maximum atomic E-state index is 12.0. The zero-order valence-electron chi connectivity index (χ0n) is 10.6. The van der Waals surface area contributed by atoms with Gasteiger partial charge in [-0.15, -0.1) is 0 Å². The van der Waals surface area contributed by atoms with E-state index in [2.05, 4.69) is 21.2 Å². The summed E-state index contributed by atoms with van der Waals surface area (Å²) in [5.74, 6) is -0.0419. The molecule has 2 rings (SSSR count). The molecular formula is C15H15BrN2O. The molecule has 3 nitrogen and oxygen atoms in total. The Morgan fingerprint density at radius 3 is 2.58 bits per heavy atom. The van der Waals surface area contributed by atoms with E-state index in [0.717, 1.165) is 21.3 Å². The number of aryl methyl sites for hydroxylation is 1. The third kappa shape index (κ3) is 3.58. The molecule has 19 heavy (non-hydrogen) atoms. The Balaban J connectivity index is 2.12. The van der Waals surface area contributed by atoms with Gasteiger partial charge < -0.3 is 11.1 Å². The van der Waals surface area contributed by atoms with E-state index in [1.807, 2.05) is 43.3 Å². The first-order chi connectivity index (χ1) is 9.06. The van der Waals surface area contributed by atoms with Gasteiger partial charge in [0, 0.05) is 10.2 Å². The highest BCUT2D eigenvalue weighted by Crippen LogP contribution is 2.29. The molecule has 0 spiro atoms. The van der Waals surface area contributed by atoms with Gasteiger partial charge in [-0.2, -0.15) is 0 Å². The SMILES string of the molecule is Cc1cc(N)cc(Br)c1NC(=O)Cc1ccccc1. The number of amides is 1. The molecule has 0 bridgehead atoms. The summed E-state index contributed by atoms with van der Waals surface area (Å²) in [6, 6.07) is 13.3. The molecule has 0 heterocycles. The van der Waals surface area contributed by atoms with Gasteiger partial charge in [0.15, 0.2) is 0 Å². The van der Waals surface area contributed by atoms with Gasteiger partial charge in [-0.3, -0.25) is 4.79 Å². The first-order valence-corrected chi connectivity index (χ1v) is 6.75. The number of benzene rings is 2. The Hall–Kier alpha value is -1.81. The summed E-state index contributed by atoms with van der Waals surface area (Å²) < 4.78 is 0.798. The largest absolute Gasteiger partial charge is 0.399 e. The number of carbonyl (C=O) groups is 1. The van der Waals surface area contributed by atoms with Crippen LogP contribution in [0.4, 0.5) is 11.4 Å². The average Bonchev–Trinajstić information content (AvgIpc) is 2.35. The fourth-order valence-corrected chi connectivity index (χ4v) is 2.57. The predicted octanol–water partition coefficient (Wildman–Crippen LogP) is 3.52. The van der Waals surface area contributed by atoms with Crippen molar-refractivity contribution in [3.05, 3.63) is 58.1 Å². The van der Waals surface area contributed by atoms with Crippen molar-refractivity contribution in [2.75, 3.05) is 11.1 Å². The van der Waals surface area contributed by atoms with Crippen LogP contribution in [0.5, 0.6) is 0 Å². The van der Waals surface area contributed by atoms with Gasteiger partial charge in [-0.05, 0) is 46.1 Å². The quantitative estimate of drug-likeness (QED) is 0.851. The summed E-state index contributed by atoms with van der Waals surface area (Å²) in [5, 5.41) is 2.91. The van der Waals surface area contributed by atoms with Crippen LogP contribution in [0.2, 0.25) is 0 Å². The Morgan fingerprint density at radius 2 is 1.95 bits per heavy atom. The van der Waals surface area contributed by atoms with Gasteiger partial charge in [0.25, 0.3) is 0 Å². The lowest BCUT2D eigenvalue weighted by Gasteiger charge is -2.11. The number of hydrogen-bond acceptors (Lipinski definition) is 2. The minimum Gasteiger partial charge on any atom is -0.399 e. The number of carbonyl (C=O) groups excluding carboxylic acids is 1. The van der Waals surface area contributed by atoms with Gasteiger partial charge >= 0.3 is 0 Å². The van der Waals surface area contributed by atoms with E-state index >= 15 is 0 Å². The maximum Gasteiger partial charge on any atom is 0.228 e. The maximum absolute atomic E-state index is 12.0. The number of hydrogen-bond donors (Lipinski definition) is 2. The Morgan fingerprint density at radius 1 is 1.26 bits per heavy atom. The molecule has 4 heteroatoms. The second-order valence-electron chi connectivity index (χ2n) is 4.41. The zero-order valence-corrected chi connectivity index (χ0v) is 12.2. The number of halogens is 1. The number of nitrogens with one attached hydrogen (secondary N) is 1. The molecule has 0 aliphatic rings. The molecule has 2 aromatic carbocycles. The summed E-state index contributed by atoms with van der Waals surface area (Å²) in [4.78, 5) is 12.0. The monoisotopic (exact) mass is 318 g/mol. The van der Waals surface area contributed by atoms with Crippen molar-refractivity contribution in [2.24, 2.45) is 0 Å². The summed E-state index contributed by atoms with van der Waals surface area (Å²) >= 11 is 3.42. The van der Waals surface area contributed by atoms with Crippen LogP contribution < -0.4 is 11.1 Å². The fourth-order valence-electron chi connectivity index (χ4n) is 1.89. The molecule has 0 saturated carbocycles. The zero-order chi connectivity index (χ0) is 13.8. The summed E-state index contributed by atoms with van der Waals surface area (Å²) in [7, 11) is 0. The average molecular weight is 319 g/mol. The van der Waals surface area contributed by atoms with Gasteiger partial charge in [0.2, 0.25) is 5.91 Å². The van der Waals surface area contributed by atoms with Crippen molar-refractivity contribution in [1.82, 2.24) is 0 Å². The van der Waals surface area contributed by atoms with Gasteiger partial charge in [0.1, 0.15) is 0 Å². The molecule has 1 amide bonds. The van der Waals surface area contributed by atoms with Crippen LogP contribution >= 0.6 is 15.9 Å². The third-order valence-corrected chi connectivity index (χ3v) is 3.41. The molecule has 98 valence electrons. The first-order valence-electron chi connectivity index (χ1n) is 5.95. The summed E-state index contributed by atoms with van der Waals surface area (Å²) in [6.45, 7) is 1.92. The van der Waals surface area contributed by atoms with Crippen LogP contribution in [0.25, 0.3) is 0 Å². The fraction of sp³-hybridized carbons (Fsp3) is 0.133. The van der Waals surface area contributed by atoms with Crippen molar-refractivity contribution in [2.45, 2.75) is 13.3 Å². The smallest absolute Gasteiger partial charge is 0.228 e. The van der Waals surface area contributed by atoms with Gasteiger partial charge in [0.05, 0.1) is 12.1 Å². The lowest BCUT2D eigenvalue weighted by Crippen LogP contribution is -2.15. The number of anilines is 2. The molecule has 2 aromatic rings. The standard InChI is InChI=1S/C15H15BrN2O/c1-10-7-12(17)9-13(16)15(10)18-14(19)8-11-5-3-2-4-6-11/h2-7,9H,8,17H2,1H3,(H,18,19). The summed E-state index contributed by atoms with van der Waals surface area (Å²) in [6.07, 6.45) is 0.358. The van der Waals surface area contributed by atoms with Crippen LogP contribution in [0, 0.1) is 6.92 Å². The van der Waals surface area contributed by atoms with Crippen LogP contribution in [-0.2, 0) is 11.2 Å². The van der Waals surface area contributed by atoms with E-state index in [-0.39, 0.29) is 5.91 Å². The van der Waals surface area contributed by atoms with E-state index in [0.29, 0.717) is 12.1 Å². The highest BCUT2D eigenvalue weighted by Gasteiger charge is 2.09. The van der Waals surface area contributed by atoms with Crippen LogP contribution in [0.3, 0.4) is 0 Å². The lowest BCUT2D eigenvalue weighted by molar-refractivity contribution is -0.115. The normalized spacial score (nSPS) is 10.2. The van der Waals surface area contributed by atoms with E-state index in [4.69, 9.17) is 5.73 Å². The van der Waals surface area contributed by atoms with Gasteiger partial charge in [-0.25, -0.2) is 0 Å². The molecule has 0 radical (unpaired) electrons. The highest BCUT2D eigenvalue weighted by molar-refractivity contribution is 9.10. The molecule has 0 aliphatic carbocycles. The molecule has 3 N–H and O–H groups in total. The summed E-state index contributed by atoms with van der Waals surface area (Å²) in [5.41, 5.74) is 9.11. The topological polar surface area (TPSA) is 55.1 Å². The Bertz CT molecular complexity index is 573. The Labute approximate surface area is 121 Å². The second-order valence-corrected chi connectivity index (χ2v) is 5.26. The molecule has 0 aromatic heterocycles. The minimum atomic E-state index is -0.0419. The Kier molecular flexibility index (Phi) is 4.22. The van der Waals surface area contributed by atoms with E-state index in [9.17, 15) is 4.79 Å². The van der Waals surface area contributed by atoms with E-state index in [1.54, 1.807) is 6.07 Å². The predicted molar refractivity (Wildman–Crippen MR) is 82.1 cm³/mol.